The molecule has 8 heteroatoms. The highest BCUT2D eigenvalue weighted by Crippen LogP contribution is 2.26. The first-order valence-electron chi connectivity index (χ1n) is 8.34. The summed E-state index contributed by atoms with van der Waals surface area (Å²) in [5.41, 5.74) is 0.967. The van der Waals surface area contributed by atoms with E-state index in [9.17, 15) is 0 Å². The van der Waals surface area contributed by atoms with Gasteiger partial charge in [0.25, 0.3) is 0 Å². The SMILES string of the molecule is COc1cc(N2CCCC(N(C)c3cc(C)ncn3)C2)nc(OC)n1. The van der Waals surface area contributed by atoms with E-state index in [0.29, 0.717) is 17.9 Å². The van der Waals surface area contributed by atoms with E-state index in [1.807, 2.05) is 19.1 Å². The standard InChI is InChI=1S/C17H24N6O2/c1-12-8-14(19-11-18-12)22(2)13-6-5-7-23(10-13)15-9-16(24-3)21-17(20-15)25-4/h8-9,11,13H,5-7,10H2,1-4H3. The third kappa shape index (κ3) is 3.89. The Bertz CT molecular complexity index is 704. The van der Waals surface area contributed by atoms with Crippen molar-refractivity contribution in [2.45, 2.75) is 25.8 Å². The van der Waals surface area contributed by atoms with E-state index < -0.39 is 0 Å². The summed E-state index contributed by atoms with van der Waals surface area (Å²) in [4.78, 5) is 21.7. The monoisotopic (exact) mass is 344 g/mol. The molecule has 0 radical (unpaired) electrons. The third-order valence-corrected chi connectivity index (χ3v) is 4.48. The van der Waals surface area contributed by atoms with Gasteiger partial charge in [0.2, 0.25) is 5.88 Å². The largest absolute Gasteiger partial charge is 0.481 e. The van der Waals surface area contributed by atoms with Crippen LogP contribution in [-0.2, 0) is 0 Å². The van der Waals surface area contributed by atoms with Crippen molar-refractivity contribution in [2.75, 3.05) is 44.2 Å². The van der Waals surface area contributed by atoms with Crippen LogP contribution in [0.1, 0.15) is 18.5 Å². The van der Waals surface area contributed by atoms with Crippen LogP contribution < -0.4 is 19.3 Å². The molecule has 1 aliphatic heterocycles. The summed E-state index contributed by atoms with van der Waals surface area (Å²) in [7, 11) is 5.23. The second-order valence-corrected chi connectivity index (χ2v) is 6.13. The normalized spacial score (nSPS) is 17.3. The highest BCUT2D eigenvalue weighted by molar-refractivity contribution is 5.46. The second kappa shape index (κ2) is 7.50. The lowest BCUT2D eigenvalue weighted by molar-refractivity contribution is 0.351. The lowest BCUT2D eigenvalue weighted by Gasteiger charge is -2.38. The molecule has 3 heterocycles. The fourth-order valence-corrected chi connectivity index (χ4v) is 3.05. The summed E-state index contributed by atoms with van der Waals surface area (Å²) in [5.74, 6) is 2.27. The predicted octanol–water partition coefficient (Wildman–Crippen LogP) is 1.70. The van der Waals surface area contributed by atoms with E-state index >= 15 is 0 Å². The number of nitrogens with zero attached hydrogens (tertiary/aromatic N) is 6. The van der Waals surface area contributed by atoms with Gasteiger partial charge in [0.15, 0.2) is 0 Å². The van der Waals surface area contributed by atoms with E-state index in [0.717, 1.165) is 43.3 Å². The zero-order valence-electron chi connectivity index (χ0n) is 15.1. The molecule has 1 saturated heterocycles. The van der Waals surface area contributed by atoms with Gasteiger partial charge in [-0.15, -0.1) is 0 Å². The molecule has 0 spiro atoms. The molecule has 134 valence electrons. The van der Waals surface area contributed by atoms with Crippen LogP contribution >= 0.6 is 0 Å². The number of hydrogen-bond acceptors (Lipinski definition) is 8. The average Bonchev–Trinajstić information content (AvgIpc) is 2.67. The molecule has 0 N–H and O–H groups in total. The summed E-state index contributed by atoms with van der Waals surface area (Å²) in [6.07, 6.45) is 3.80. The Labute approximate surface area is 147 Å². The maximum atomic E-state index is 5.26. The van der Waals surface area contributed by atoms with Crippen LogP contribution in [0.25, 0.3) is 0 Å². The van der Waals surface area contributed by atoms with Crippen molar-refractivity contribution in [3.05, 3.63) is 24.2 Å². The molecule has 8 nitrogen and oxygen atoms in total. The summed E-state index contributed by atoms with van der Waals surface area (Å²) in [6.45, 7) is 3.77. The van der Waals surface area contributed by atoms with Gasteiger partial charge >= 0.3 is 6.01 Å². The molecule has 0 saturated carbocycles. The van der Waals surface area contributed by atoms with E-state index in [1.54, 1.807) is 20.5 Å². The first kappa shape index (κ1) is 17.2. The maximum Gasteiger partial charge on any atom is 0.321 e. The van der Waals surface area contributed by atoms with Gasteiger partial charge < -0.3 is 19.3 Å². The Morgan fingerprint density at radius 3 is 2.72 bits per heavy atom. The molecule has 1 fully saturated rings. The molecule has 1 aliphatic rings. The average molecular weight is 344 g/mol. The Kier molecular flexibility index (Phi) is 5.16. The van der Waals surface area contributed by atoms with E-state index in [1.165, 1.54) is 0 Å². The van der Waals surface area contributed by atoms with Crippen LogP contribution in [0.5, 0.6) is 11.9 Å². The molecular weight excluding hydrogens is 320 g/mol. The first-order valence-corrected chi connectivity index (χ1v) is 8.34. The molecule has 2 aromatic heterocycles. The minimum absolute atomic E-state index is 0.316. The number of methoxy groups -OCH3 is 2. The van der Waals surface area contributed by atoms with Crippen LogP contribution in [0.2, 0.25) is 0 Å². The van der Waals surface area contributed by atoms with Crippen molar-refractivity contribution in [1.29, 1.82) is 0 Å². The van der Waals surface area contributed by atoms with Crippen molar-refractivity contribution in [1.82, 2.24) is 19.9 Å². The predicted molar refractivity (Wildman–Crippen MR) is 95.5 cm³/mol. The van der Waals surface area contributed by atoms with Gasteiger partial charge in [-0.1, -0.05) is 0 Å². The minimum atomic E-state index is 0.316. The molecule has 0 aromatic carbocycles. The van der Waals surface area contributed by atoms with Crippen LogP contribution in [-0.4, -0.2) is 60.3 Å². The number of ether oxygens (including phenoxy) is 2. The highest BCUT2D eigenvalue weighted by atomic mass is 16.5. The lowest BCUT2D eigenvalue weighted by Crippen LogP contribution is -2.47. The molecule has 3 rings (SSSR count). The number of aromatic nitrogens is 4. The zero-order valence-corrected chi connectivity index (χ0v) is 15.1. The topological polar surface area (TPSA) is 76.5 Å². The molecule has 0 amide bonds. The number of hydrogen-bond donors (Lipinski definition) is 0. The summed E-state index contributed by atoms with van der Waals surface area (Å²) >= 11 is 0. The van der Waals surface area contributed by atoms with E-state index in [2.05, 4.69) is 36.8 Å². The van der Waals surface area contributed by atoms with Crippen molar-refractivity contribution < 1.29 is 9.47 Å². The van der Waals surface area contributed by atoms with Crippen molar-refractivity contribution in [3.63, 3.8) is 0 Å². The Hall–Kier alpha value is -2.64. The molecule has 2 aromatic rings. The summed E-state index contributed by atoms with van der Waals surface area (Å²) < 4.78 is 10.4. The van der Waals surface area contributed by atoms with Gasteiger partial charge in [0, 0.05) is 44.0 Å². The Balaban J connectivity index is 1.79. The van der Waals surface area contributed by atoms with Gasteiger partial charge in [-0.3, -0.25) is 0 Å². The van der Waals surface area contributed by atoms with Gasteiger partial charge in [-0.2, -0.15) is 9.97 Å². The summed E-state index contributed by atoms with van der Waals surface area (Å²) in [5, 5.41) is 0. The molecule has 1 unspecified atom stereocenters. The number of piperidine rings is 1. The van der Waals surface area contributed by atoms with Crippen LogP contribution in [0.15, 0.2) is 18.5 Å². The number of rotatable bonds is 5. The third-order valence-electron chi connectivity index (χ3n) is 4.48. The lowest BCUT2D eigenvalue weighted by atomic mass is 10.0. The first-order chi connectivity index (χ1) is 12.1. The van der Waals surface area contributed by atoms with Crippen LogP contribution in [0, 0.1) is 6.92 Å². The van der Waals surface area contributed by atoms with Crippen molar-refractivity contribution >= 4 is 11.6 Å². The van der Waals surface area contributed by atoms with Crippen LogP contribution in [0.3, 0.4) is 0 Å². The van der Waals surface area contributed by atoms with Gasteiger partial charge in [0.05, 0.1) is 14.2 Å². The summed E-state index contributed by atoms with van der Waals surface area (Å²) in [6, 6.07) is 4.52. The smallest absolute Gasteiger partial charge is 0.321 e. The maximum absolute atomic E-state index is 5.26. The Morgan fingerprint density at radius 1 is 1.16 bits per heavy atom. The highest BCUT2D eigenvalue weighted by Gasteiger charge is 2.26. The molecule has 0 bridgehead atoms. The van der Waals surface area contributed by atoms with Gasteiger partial charge in [-0.05, 0) is 19.8 Å². The second-order valence-electron chi connectivity index (χ2n) is 6.13. The van der Waals surface area contributed by atoms with Crippen molar-refractivity contribution in [3.8, 4) is 11.9 Å². The number of likely N-dealkylation sites (N-methyl/N-ethyl adjacent to an activating group) is 1. The molecular formula is C17H24N6O2. The number of aryl methyl sites for hydroxylation is 1. The van der Waals surface area contributed by atoms with Gasteiger partial charge in [-0.25, -0.2) is 9.97 Å². The van der Waals surface area contributed by atoms with Crippen LogP contribution in [0.4, 0.5) is 11.6 Å². The molecule has 25 heavy (non-hydrogen) atoms. The van der Waals surface area contributed by atoms with E-state index in [4.69, 9.17) is 9.47 Å². The van der Waals surface area contributed by atoms with E-state index in [-0.39, 0.29) is 0 Å². The number of anilines is 2. The quantitative estimate of drug-likeness (QED) is 0.811. The molecule has 1 atom stereocenters. The Morgan fingerprint density at radius 2 is 2.00 bits per heavy atom. The minimum Gasteiger partial charge on any atom is -0.481 e. The fourth-order valence-electron chi connectivity index (χ4n) is 3.05. The van der Waals surface area contributed by atoms with Gasteiger partial charge in [0.1, 0.15) is 18.0 Å². The zero-order chi connectivity index (χ0) is 17.8. The molecule has 0 aliphatic carbocycles. The van der Waals surface area contributed by atoms with Crippen molar-refractivity contribution in [2.24, 2.45) is 0 Å². The fraction of sp³-hybridized carbons (Fsp3) is 0.529.